The number of carbonyl (C=O) groups excluding carboxylic acids is 3. The Bertz CT molecular complexity index is 709. The highest BCUT2D eigenvalue weighted by molar-refractivity contribution is 5.92. The van der Waals surface area contributed by atoms with Crippen molar-refractivity contribution in [2.75, 3.05) is 13.7 Å². The lowest BCUT2D eigenvalue weighted by Gasteiger charge is -2.38. The number of methoxy groups -OCH3 is 1. The van der Waals surface area contributed by atoms with Crippen LogP contribution in [0.4, 0.5) is 0 Å². The molecular weight excluding hydrogens is 360 g/mol. The smallest absolute Gasteiger partial charge is 0.328 e. The predicted molar refractivity (Wildman–Crippen MR) is 102 cm³/mol. The molecule has 2 amide bonds. The number of ether oxygens (including phenoxy) is 1. The van der Waals surface area contributed by atoms with Gasteiger partial charge in [-0.3, -0.25) is 14.3 Å². The van der Waals surface area contributed by atoms with E-state index in [1.165, 1.54) is 7.11 Å². The average molecular weight is 390 g/mol. The molecule has 1 saturated carbocycles. The number of hydrogen-bond acceptors (Lipinski definition) is 5. The quantitative estimate of drug-likeness (QED) is 0.773. The molecule has 0 radical (unpaired) electrons. The molecule has 1 aromatic heterocycles. The highest BCUT2D eigenvalue weighted by Crippen LogP contribution is 2.29. The van der Waals surface area contributed by atoms with Gasteiger partial charge in [0.25, 0.3) is 5.91 Å². The SMILES string of the molecule is CCn1ccc(C(=O)NC2CCC(C(=O)N3CCCCC3C(=O)OC)CC2)n1. The third-order valence-electron chi connectivity index (χ3n) is 5.87. The van der Waals surface area contributed by atoms with Crippen LogP contribution < -0.4 is 5.32 Å². The van der Waals surface area contributed by atoms with Crippen LogP contribution in [0.5, 0.6) is 0 Å². The highest BCUT2D eigenvalue weighted by Gasteiger charge is 2.37. The maximum atomic E-state index is 13.0. The Morgan fingerprint density at radius 2 is 1.93 bits per heavy atom. The van der Waals surface area contributed by atoms with Gasteiger partial charge in [-0.2, -0.15) is 5.10 Å². The summed E-state index contributed by atoms with van der Waals surface area (Å²) in [6.07, 6.45) is 7.29. The van der Waals surface area contributed by atoms with Crippen molar-refractivity contribution in [1.29, 1.82) is 0 Å². The summed E-state index contributed by atoms with van der Waals surface area (Å²) >= 11 is 0. The van der Waals surface area contributed by atoms with Gasteiger partial charge in [0.15, 0.2) is 0 Å². The minimum absolute atomic E-state index is 0.0566. The Morgan fingerprint density at radius 3 is 2.57 bits per heavy atom. The van der Waals surface area contributed by atoms with Gasteiger partial charge in [0.05, 0.1) is 7.11 Å². The molecule has 1 unspecified atom stereocenters. The number of esters is 1. The van der Waals surface area contributed by atoms with Gasteiger partial charge >= 0.3 is 5.97 Å². The first-order chi connectivity index (χ1) is 13.5. The number of hydrogen-bond donors (Lipinski definition) is 1. The summed E-state index contributed by atoms with van der Waals surface area (Å²) in [7, 11) is 1.37. The molecule has 1 aliphatic heterocycles. The van der Waals surface area contributed by atoms with Crippen molar-refractivity contribution in [3.63, 3.8) is 0 Å². The van der Waals surface area contributed by atoms with E-state index >= 15 is 0 Å². The number of aromatic nitrogens is 2. The molecule has 2 aliphatic rings. The number of aryl methyl sites for hydroxylation is 1. The van der Waals surface area contributed by atoms with Gasteiger partial charge in [-0.05, 0) is 57.9 Å². The number of carbonyl (C=O) groups is 3. The van der Waals surface area contributed by atoms with Gasteiger partial charge < -0.3 is 15.0 Å². The molecule has 1 aliphatic carbocycles. The first kappa shape index (κ1) is 20.4. The molecule has 1 aromatic rings. The zero-order valence-electron chi connectivity index (χ0n) is 16.7. The van der Waals surface area contributed by atoms with Gasteiger partial charge in [-0.25, -0.2) is 4.79 Å². The Hall–Kier alpha value is -2.38. The normalized spacial score (nSPS) is 25.2. The van der Waals surface area contributed by atoms with E-state index in [1.54, 1.807) is 21.8 Å². The summed E-state index contributed by atoms with van der Waals surface area (Å²) in [6.45, 7) is 3.32. The van der Waals surface area contributed by atoms with Gasteiger partial charge in [0.2, 0.25) is 5.91 Å². The number of nitrogens with one attached hydrogen (secondary N) is 1. The first-order valence-electron chi connectivity index (χ1n) is 10.3. The molecule has 28 heavy (non-hydrogen) atoms. The van der Waals surface area contributed by atoms with E-state index in [4.69, 9.17) is 4.74 Å². The molecule has 1 N–H and O–H groups in total. The van der Waals surface area contributed by atoms with Crippen molar-refractivity contribution in [3.05, 3.63) is 18.0 Å². The highest BCUT2D eigenvalue weighted by atomic mass is 16.5. The standard InChI is InChI=1S/C20H30N4O4/c1-3-23-13-11-16(22-23)18(25)21-15-9-7-14(8-10-15)19(26)24-12-5-4-6-17(24)20(27)28-2/h11,13-15,17H,3-10,12H2,1-2H3,(H,21,25). The minimum Gasteiger partial charge on any atom is -0.467 e. The minimum atomic E-state index is -0.447. The zero-order chi connectivity index (χ0) is 20.1. The van der Waals surface area contributed by atoms with E-state index in [1.807, 2.05) is 6.92 Å². The molecule has 2 heterocycles. The molecule has 8 heteroatoms. The van der Waals surface area contributed by atoms with Crippen LogP contribution in [-0.2, 0) is 20.9 Å². The van der Waals surface area contributed by atoms with Crippen LogP contribution in [0.15, 0.2) is 12.3 Å². The fourth-order valence-corrected chi connectivity index (χ4v) is 4.21. The summed E-state index contributed by atoms with van der Waals surface area (Å²) in [5, 5.41) is 7.27. The van der Waals surface area contributed by atoms with Gasteiger partial charge in [-0.1, -0.05) is 0 Å². The predicted octanol–water partition coefficient (Wildman–Crippen LogP) is 1.75. The second-order valence-electron chi connectivity index (χ2n) is 7.65. The van der Waals surface area contributed by atoms with E-state index in [2.05, 4.69) is 10.4 Å². The molecule has 2 fully saturated rings. The number of likely N-dealkylation sites (tertiary alicyclic amines) is 1. The van der Waals surface area contributed by atoms with Crippen LogP contribution >= 0.6 is 0 Å². The number of piperidine rings is 1. The van der Waals surface area contributed by atoms with E-state index in [0.29, 0.717) is 18.7 Å². The fraction of sp³-hybridized carbons (Fsp3) is 0.700. The molecule has 154 valence electrons. The number of amides is 2. The van der Waals surface area contributed by atoms with Crippen molar-refractivity contribution in [2.24, 2.45) is 5.92 Å². The average Bonchev–Trinajstić information content (AvgIpc) is 3.23. The lowest BCUT2D eigenvalue weighted by Crippen LogP contribution is -2.51. The third kappa shape index (κ3) is 4.54. The third-order valence-corrected chi connectivity index (χ3v) is 5.87. The Kier molecular flexibility index (Phi) is 6.70. The largest absolute Gasteiger partial charge is 0.467 e. The molecule has 1 saturated heterocycles. The van der Waals surface area contributed by atoms with Crippen LogP contribution in [-0.4, -0.2) is 58.2 Å². The maximum absolute atomic E-state index is 13.0. The summed E-state index contributed by atoms with van der Waals surface area (Å²) < 4.78 is 6.61. The number of rotatable bonds is 5. The van der Waals surface area contributed by atoms with E-state index < -0.39 is 6.04 Å². The Labute approximate surface area is 165 Å². The van der Waals surface area contributed by atoms with Crippen molar-refractivity contribution >= 4 is 17.8 Å². The molecular formula is C20H30N4O4. The van der Waals surface area contributed by atoms with Crippen molar-refractivity contribution < 1.29 is 19.1 Å². The van der Waals surface area contributed by atoms with Crippen molar-refractivity contribution in [2.45, 2.75) is 70.5 Å². The second-order valence-corrected chi connectivity index (χ2v) is 7.65. The second kappa shape index (κ2) is 9.21. The van der Waals surface area contributed by atoms with Gasteiger partial charge in [-0.15, -0.1) is 0 Å². The molecule has 0 bridgehead atoms. The van der Waals surface area contributed by atoms with Crippen LogP contribution in [0.3, 0.4) is 0 Å². The Balaban J connectivity index is 1.52. The van der Waals surface area contributed by atoms with E-state index in [-0.39, 0.29) is 29.7 Å². The molecule has 0 spiro atoms. The maximum Gasteiger partial charge on any atom is 0.328 e. The van der Waals surface area contributed by atoms with Crippen molar-refractivity contribution in [3.8, 4) is 0 Å². The lowest BCUT2D eigenvalue weighted by molar-refractivity contribution is -0.156. The molecule has 1 atom stereocenters. The first-order valence-corrected chi connectivity index (χ1v) is 10.3. The van der Waals surface area contributed by atoms with Gasteiger partial charge in [0.1, 0.15) is 11.7 Å². The molecule has 0 aromatic carbocycles. The van der Waals surface area contributed by atoms with Crippen LogP contribution in [0.2, 0.25) is 0 Å². The number of nitrogens with zero attached hydrogens (tertiary/aromatic N) is 3. The fourth-order valence-electron chi connectivity index (χ4n) is 4.21. The topological polar surface area (TPSA) is 93.5 Å². The van der Waals surface area contributed by atoms with Crippen LogP contribution in [0.1, 0.15) is 62.4 Å². The lowest BCUT2D eigenvalue weighted by atomic mass is 9.84. The monoisotopic (exact) mass is 390 g/mol. The molecule has 3 rings (SSSR count). The summed E-state index contributed by atoms with van der Waals surface area (Å²) in [4.78, 5) is 39.1. The van der Waals surface area contributed by atoms with E-state index in [9.17, 15) is 14.4 Å². The molecule has 8 nitrogen and oxygen atoms in total. The van der Waals surface area contributed by atoms with Crippen molar-refractivity contribution in [1.82, 2.24) is 20.0 Å². The summed E-state index contributed by atoms with van der Waals surface area (Å²) in [6, 6.07) is 1.33. The Morgan fingerprint density at radius 1 is 1.18 bits per heavy atom. The summed E-state index contributed by atoms with van der Waals surface area (Å²) in [5.74, 6) is -0.511. The van der Waals surface area contributed by atoms with Crippen LogP contribution in [0, 0.1) is 5.92 Å². The van der Waals surface area contributed by atoms with Gasteiger partial charge in [0, 0.05) is 31.2 Å². The van der Waals surface area contributed by atoms with E-state index in [0.717, 1.165) is 45.1 Å². The van der Waals surface area contributed by atoms with Crippen LogP contribution in [0.25, 0.3) is 0 Å². The summed E-state index contributed by atoms with van der Waals surface area (Å²) in [5.41, 5.74) is 0.425. The zero-order valence-corrected chi connectivity index (χ0v) is 16.7.